The van der Waals surface area contributed by atoms with Crippen molar-refractivity contribution in [3.8, 4) is 0 Å². The van der Waals surface area contributed by atoms with Crippen molar-refractivity contribution in [2.45, 2.75) is 64.5 Å². The summed E-state index contributed by atoms with van der Waals surface area (Å²) in [6.07, 6.45) is 21.9. The first-order valence-electron chi connectivity index (χ1n) is 8.71. The third kappa shape index (κ3) is 3.58. The van der Waals surface area contributed by atoms with Gasteiger partial charge in [-0.05, 0) is 57.3 Å². The molecule has 4 atom stereocenters. The lowest BCUT2D eigenvalue weighted by Crippen LogP contribution is -2.43. The molecule has 1 N–H and O–H groups in total. The van der Waals surface area contributed by atoms with Gasteiger partial charge in [-0.15, -0.1) is 0 Å². The zero-order valence-corrected chi connectivity index (χ0v) is 13.5. The Hall–Kier alpha value is -1.08. The molecule has 0 radical (unpaired) electrons. The molecule has 0 aromatic rings. The third-order valence-electron chi connectivity index (χ3n) is 5.25. The lowest BCUT2D eigenvalue weighted by molar-refractivity contribution is 0.366. The molecule has 4 unspecified atom stereocenters. The summed E-state index contributed by atoms with van der Waals surface area (Å²) >= 11 is 0. The molecule has 21 heavy (non-hydrogen) atoms. The van der Waals surface area contributed by atoms with E-state index in [0.717, 1.165) is 0 Å². The van der Waals surface area contributed by atoms with Crippen molar-refractivity contribution in [1.82, 2.24) is 5.32 Å². The van der Waals surface area contributed by atoms with Gasteiger partial charge in [0.25, 0.3) is 0 Å². The van der Waals surface area contributed by atoms with Crippen LogP contribution in [0, 0.1) is 11.8 Å². The van der Waals surface area contributed by atoms with Gasteiger partial charge in [0.2, 0.25) is 0 Å². The van der Waals surface area contributed by atoms with Gasteiger partial charge in [0.05, 0.1) is 0 Å². The monoisotopic (exact) mass is 283 g/mol. The highest BCUT2D eigenvalue weighted by molar-refractivity contribution is 5.33. The molecule has 0 amide bonds. The quantitative estimate of drug-likeness (QED) is 0.724. The Balaban J connectivity index is 1.76. The van der Waals surface area contributed by atoms with Crippen LogP contribution in [0.5, 0.6) is 0 Å². The summed E-state index contributed by atoms with van der Waals surface area (Å²) < 4.78 is 0. The molecule has 3 aliphatic carbocycles. The number of nitrogens with one attached hydrogen (secondary N) is 1. The molecule has 0 aromatic carbocycles. The fourth-order valence-electron chi connectivity index (χ4n) is 4.03. The van der Waals surface area contributed by atoms with E-state index in [1.807, 2.05) is 0 Å². The Bertz CT molecular complexity index is 480. The molecule has 0 fully saturated rings. The van der Waals surface area contributed by atoms with Gasteiger partial charge in [-0.3, -0.25) is 0 Å². The SMILES string of the molecule is CC1=C(C2CCC=CC2NC2C=CCCC2)CC(C)C=C1. The van der Waals surface area contributed by atoms with Crippen molar-refractivity contribution in [1.29, 1.82) is 0 Å². The standard InChI is InChI=1S/C20H29N/c1-15-12-13-16(2)19(14-15)18-10-6-7-11-20(18)21-17-8-4-3-5-9-17/h4,7-8,11-13,15,17-18,20-21H,3,5-6,9-10,14H2,1-2H3. The molecule has 0 heterocycles. The predicted octanol–water partition coefficient (Wildman–Crippen LogP) is 4.93. The minimum absolute atomic E-state index is 0.523. The number of rotatable bonds is 3. The Labute approximate surface area is 129 Å². The second-order valence-electron chi connectivity index (χ2n) is 7.02. The summed E-state index contributed by atoms with van der Waals surface area (Å²) in [5, 5.41) is 3.91. The van der Waals surface area contributed by atoms with E-state index in [0.29, 0.717) is 23.9 Å². The van der Waals surface area contributed by atoms with Gasteiger partial charge in [0.1, 0.15) is 0 Å². The van der Waals surface area contributed by atoms with Crippen LogP contribution in [0.4, 0.5) is 0 Å². The third-order valence-corrected chi connectivity index (χ3v) is 5.25. The first kappa shape index (κ1) is 14.8. The lowest BCUT2D eigenvalue weighted by atomic mass is 9.76. The molecule has 3 aliphatic rings. The van der Waals surface area contributed by atoms with Crippen molar-refractivity contribution in [2.75, 3.05) is 0 Å². The van der Waals surface area contributed by atoms with Crippen molar-refractivity contribution in [3.63, 3.8) is 0 Å². The summed E-state index contributed by atoms with van der Waals surface area (Å²) in [5.41, 5.74) is 3.21. The van der Waals surface area contributed by atoms with E-state index in [1.54, 1.807) is 5.57 Å². The maximum absolute atomic E-state index is 3.91. The molecule has 0 aromatic heterocycles. The molecule has 114 valence electrons. The summed E-state index contributed by atoms with van der Waals surface area (Å²) in [5.74, 6) is 1.39. The van der Waals surface area contributed by atoms with Crippen LogP contribution in [-0.2, 0) is 0 Å². The number of allylic oxidation sites excluding steroid dienone is 5. The van der Waals surface area contributed by atoms with Crippen molar-refractivity contribution >= 4 is 0 Å². The van der Waals surface area contributed by atoms with E-state index in [9.17, 15) is 0 Å². The molecule has 0 saturated carbocycles. The fraction of sp³-hybridized carbons (Fsp3) is 0.600. The van der Waals surface area contributed by atoms with Gasteiger partial charge in [-0.2, -0.15) is 0 Å². The van der Waals surface area contributed by atoms with Crippen molar-refractivity contribution < 1.29 is 0 Å². The zero-order valence-electron chi connectivity index (χ0n) is 13.5. The minimum atomic E-state index is 0.523. The van der Waals surface area contributed by atoms with Crippen LogP contribution in [0.25, 0.3) is 0 Å². The molecule has 0 saturated heterocycles. The normalized spacial score (nSPS) is 36.3. The Kier molecular flexibility index (Phi) is 4.80. The van der Waals surface area contributed by atoms with Crippen LogP contribution in [-0.4, -0.2) is 12.1 Å². The first-order chi connectivity index (χ1) is 10.2. The summed E-state index contributed by atoms with van der Waals surface area (Å²) in [4.78, 5) is 0. The molecule has 0 aliphatic heterocycles. The maximum Gasteiger partial charge on any atom is 0.0321 e. The highest BCUT2D eigenvalue weighted by Crippen LogP contribution is 2.36. The molecule has 1 nitrogen and oxygen atoms in total. The zero-order chi connectivity index (χ0) is 14.7. The minimum Gasteiger partial charge on any atom is -0.304 e. The number of hydrogen-bond donors (Lipinski definition) is 1. The van der Waals surface area contributed by atoms with Crippen molar-refractivity contribution in [2.24, 2.45) is 11.8 Å². The topological polar surface area (TPSA) is 12.0 Å². The van der Waals surface area contributed by atoms with E-state index < -0.39 is 0 Å². The molecule has 3 rings (SSSR count). The van der Waals surface area contributed by atoms with Gasteiger partial charge < -0.3 is 5.32 Å². The van der Waals surface area contributed by atoms with Gasteiger partial charge >= 0.3 is 0 Å². The summed E-state index contributed by atoms with van der Waals surface area (Å²) in [7, 11) is 0. The average molecular weight is 283 g/mol. The Morgan fingerprint density at radius 2 is 1.90 bits per heavy atom. The smallest absolute Gasteiger partial charge is 0.0321 e. The molecule has 0 bridgehead atoms. The van der Waals surface area contributed by atoms with Crippen LogP contribution in [0.15, 0.2) is 47.6 Å². The number of hydrogen-bond acceptors (Lipinski definition) is 1. The van der Waals surface area contributed by atoms with Crippen LogP contribution in [0.1, 0.15) is 52.4 Å². The Morgan fingerprint density at radius 3 is 2.71 bits per heavy atom. The maximum atomic E-state index is 3.91. The second kappa shape index (κ2) is 6.79. The summed E-state index contributed by atoms with van der Waals surface area (Å²) in [6, 6.07) is 1.10. The highest BCUT2D eigenvalue weighted by atomic mass is 15.0. The molecular formula is C20H29N. The molecular weight excluding hydrogens is 254 g/mol. The van der Waals surface area contributed by atoms with Crippen LogP contribution in [0.3, 0.4) is 0 Å². The molecule has 0 spiro atoms. The van der Waals surface area contributed by atoms with Gasteiger partial charge in [-0.1, -0.05) is 54.5 Å². The van der Waals surface area contributed by atoms with Crippen LogP contribution in [0.2, 0.25) is 0 Å². The average Bonchev–Trinajstić information content (AvgIpc) is 2.51. The van der Waals surface area contributed by atoms with E-state index in [4.69, 9.17) is 0 Å². The predicted molar refractivity (Wildman–Crippen MR) is 91.2 cm³/mol. The van der Waals surface area contributed by atoms with Crippen LogP contribution >= 0.6 is 0 Å². The molecule has 1 heteroatoms. The second-order valence-corrected chi connectivity index (χ2v) is 7.02. The largest absolute Gasteiger partial charge is 0.304 e. The van der Waals surface area contributed by atoms with Gasteiger partial charge in [0.15, 0.2) is 0 Å². The highest BCUT2D eigenvalue weighted by Gasteiger charge is 2.29. The van der Waals surface area contributed by atoms with E-state index in [1.165, 1.54) is 44.1 Å². The summed E-state index contributed by atoms with van der Waals surface area (Å²) in [6.45, 7) is 4.64. The van der Waals surface area contributed by atoms with Gasteiger partial charge in [-0.25, -0.2) is 0 Å². The van der Waals surface area contributed by atoms with E-state index in [2.05, 4.69) is 55.6 Å². The van der Waals surface area contributed by atoms with E-state index in [-0.39, 0.29) is 0 Å². The Morgan fingerprint density at radius 1 is 1.05 bits per heavy atom. The van der Waals surface area contributed by atoms with Crippen LogP contribution < -0.4 is 5.32 Å². The van der Waals surface area contributed by atoms with Gasteiger partial charge in [0, 0.05) is 12.1 Å². The first-order valence-corrected chi connectivity index (χ1v) is 8.71. The fourth-order valence-corrected chi connectivity index (χ4v) is 4.03. The lowest BCUT2D eigenvalue weighted by Gasteiger charge is -2.36. The van der Waals surface area contributed by atoms with Crippen molar-refractivity contribution in [3.05, 3.63) is 47.6 Å². The van der Waals surface area contributed by atoms with E-state index >= 15 is 0 Å².